The van der Waals surface area contributed by atoms with Crippen LogP contribution in [0.15, 0.2) is 24.3 Å². The molecule has 3 aromatic rings. The Hall–Kier alpha value is -3.09. The number of aryl methyl sites for hydroxylation is 2. The number of carbonyl (C=O) groups excluding carboxylic acids is 1. The molecule has 7 heteroatoms. The highest BCUT2D eigenvalue weighted by Gasteiger charge is 2.19. The molecule has 0 bridgehead atoms. The molecule has 3 rings (SSSR count). The van der Waals surface area contributed by atoms with Crippen molar-refractivity contribution in [1.82, 2.24) is 20.1 Å². The van der Waals surface area contributed by atoms with Crippen molar-refractivity contribution >= 4 is 16.9 Å². The maximum absolute atomic E-state index is 13.0. The minimum Gasteiger partial charge on any atom is -0.493 e. The largest absolute Gasteiger partial charge is 0.493 e. The standard InChI is InChI=1S/C21H26N4O3/c1-12(2)16-10-15(19-13(3)24-25(4)20(19)23-16)21(26)22-11-14-7-8-17(27-5)18(9-14)28-6/h7-10,12H,11H2,1-6H3,(H,22,26). The van der Waals surface area contributed by atoms with Crippen LogP contribution in [0.25, 0.3) is 11.0 Å². The molecular formula is C21H26N4O3. The number of hydrogen-bond donors (Lipinski definition) is 1. The highest BCUT2D eigenvalue weighted by atomic mass is 16.5. The molecule has 2 aromatic heterocycles. The van der Waals surface area contributed by atoms with E-state index in [1.807, 2.05) is 38.2 Å². The molecule has 0 aliphatic heterocycles. The van der Waals surface area contributed by atoms with E-state index in [1.165, 1.54) is 0 Å². The average Bonchev–Trinajstić information content (AvgIpc) is 2.98. The smallest absolute Gasteiger partial charge is 0.252 e. The van der Waals surface area contributed by atoms with Gasteiger partial charge >= 0.3 is 0 Å². The van der Waals surface area contributed by atoms with Gasteiger partial charge in [-0.2, -0.15) is 5.10 Å². The number of ether oxygens (including phenoxy) is 2. The van der Waals surface area contributed by atoms with Crippen molar-refractivity contribution in [1.29, 1.82) is 0 Å². The van der Waals surface area contributed by atoms with E-state index in [4.69, 9.17) is 9.47 Å². The number of methoxy groups -OCH3 is 2. The van der Waals surface area contributed by atoms with Crippen molar-refractivity contribution in [2.75, 3.05) is 14.2 Å². The fraction of sp³-hybridized carbons (Fsp3) is 0.381. The molecule has 28 heavy (non-hydrogen) atoms. The first-order chi connectivity index (χ1) is 13.3. The highest BCUT2D eigenvalue weighted by Crippen LogP contribution is 2.28. The molecule has 1 aromatic carbocycles. The second-order valence-electron chi connectivity index (χ2n) is 7.03. The van der Waals surface area contributed by atoms with Gasteiger partial charge in [-0.1, -0.05) is 19.9 Å². The van der Waals surface area contributed by atoms with Gasteiger partial charge in [0.1, 0.15) is 0 Å². The zero-order chi connectivity index (χ0) is 20.4. The Bertz CT molecular complexity index is 1020. The van der Waals surface area contributed by atoms with E-state index in [9.17, 15) is 4.79 Å². The summed E-state index contributed by atoms with van der Waals surface area (Å²) in [5.74, 6) is 1.34. The van der Waals surface area contributed by atoms with Crippen LogP contribution in [0.2, 0.25) is 0 Å². The fourth-order valence-corrected chi connectivity index (χ4v) is 3.21. The van der Waals surface area contributed by atoms with Gasteiger partial charge < -0.3 is 14.8 Å². The lowest BCUT2D eigenvalue weighted by Crippen LogP contribution is -2.23. The molecule has 1 N–H and O–H groups in total. The highest BCUT2D eigenvalue weighted by molar-refractivity contribution is 6.06. The summed E-state index contributed by atoms with van der Waals surface area (Å²) >= 11 is 0. The maximum Gasteiger partial charge on any atom is 0.252 e. The normalized spacial score (nSPS) is 11.1. The molecule has 0 aliphatic carbocycles. The van der Waals surface area contributed by atoms with Crippen LogP contribution in [0.1, 0.15) is 47.1 Å². The molecule has 0 saturated carbocycles. The van der Waals surface area contributed by atoms with Crippen molar-refractivity contribution in [3.8, 4) is 11.5 Å². The molecular weight excluding hydrogens is 356 g/mol. The molecule has 7 nitrogen and oxygen atoms in total. The Balaban J connectivity index is 1.91. The van der Waals surface area contributed by atoms with E-state index in [0.717, 1.165) is 28.0 Å². The molecule has 0 unspecified atom stereocenters. The number of nitrogens with zero attached hydrogens (tertiary/aromatic N) is 3. The first kappa shape index (κ1) is 19.7. The third-order valence-electron chi connectivity index (χ3n) is 4.73. The van der Waals surface area contributed by atoms with Crippen LogP contribution in [-0.4, -0.2) is 34.9 Å². The zero-order valence-corrected chi connectivity index (χ0v) is 17.2. The Labute approximate surface area is 164 Å². The molecule has 0 atom stereocenters. The second kappa shape index (κ2) is 7.88. The van der Waals surface area contributed by atoms with Gasteiger partial charge in [-0.05, 0) is 36.6 Å². The van der Waals surface area contributed by atoms with Crippen LogP contribution >= 0.6 is 0 Å². The molecule has 148 valence electrons. The van der Waals surface area contributed by atoms with Crippen LogP contribution in [0.5, 0.6) is 11.5 Å². The van der Waals surface area contributed by atoms with Crippen LogP contribution < -0.4 is 14.8 Å². The predicted octanol–water partition coefficient (Wildman–Crippen LogP) is 3.35. The number of rotatable bonds is 6. The number of nitrogens with one attached hydrogen (secondary N) is 1. The van der Waals surface area contributed by atoms with Crippen LogP contribution in [0.3, 0.4) is 0 Å². The van der Waals surface area contributed by atoms with E-state index in [2.05, 4.69) is 29.2 Å². The monoisotopic (exact) mass is 382 g/mol. The summed E-state index contributed by atoms with van der Waals surface area (Å²) in [5.41, 5.74) is 3.89. The van der Waals surface area contributed by atoms with Gasteiger partial charge in [-0.25, -0.2) is 4.98 Å². The summed E-state index contributed by atoms with van der Waals surface area (Å²) in [6.45, 7) is 6.38. The van der Waals surface area contributed by atoms with E-state index in [-0.39, 0.29) is 11.8 Å². The van der Waals surface area contributed by atoms with Gasteiger partial charge in [0.2, 0.25) is 0 Å². The summed E-state index contributed by atoms with van der Waals surface area (Å²) < 4.78 is 12.3. The van der Waals surface area contributed by atoms with E-state index >= 15 is 0 Å². The van der Waals surface area contributed by atoms with Crippen molar-refractivity contribution in [2.24, 2.45) is 7.05 Å². The SMILES string of the molecule is COc1ccc(CNC(=O)c2cc(C(C)C)nc3c2c(C)nn3C)cc1OC. The number of carbonyl (C=O) groups is 1. The molecule has 0 saturated heterocycles. The van der Waals surface area contributed by atoms with Crippen LogP contribution in [0, 0.1) is 6.92 Å². The predicted molar refractivity (Wildman–Crippen MR) is 108 cm³/mol. The third kappa shape index (κ3) is 3.65. The Kier molecular flexibility index (Phi) is 5.53. The van der Waals surface area contributed by atoms with Crippen molar-refractivity contribution in [2.45, 2.75) is 33.2 Å². The van der Waals surface area contributed by atoms with Gasteiger partial charge in [0.05, 0.1) is 30.9 Å². The first-order valence-corrected chi connectivity index (χ1v) is 9.19. The van der Waals surface area contributed by atoms with E-state index < -0.39 is 0 Å². The van der Waals surface area contributed by atoms with Crippen molar-refractivity contribution < 1.29 is 14.3 Å². The van der Waals surface area contributed by atoms with Gasteiger partial charge in [0.25, 0.3) is 5.91 Å². The number of aromatic nitrogens is 3. The van der Waals surface area contributed by atoms with Crippen molar-refractivity contribution in [3.63, 3.8) is 0 Å². The molecule has 0 fully saturated rings. The average molecular weight is 382 g/mol. The van der Waals surface area contributed by atoms with E-state index in [1.54, 1.807) is 18.9 Å². The molecule has 0 spiro atoms. The molecule has 0 aliphatic rings. The zero-order valence-electron chi connectivity index (χ0n) is 17.2. The molecule has 2 heterocycles. The summed E-state index contributed by atoms with van der Waals surface area (Å²) in [6, 6.07) is 7.45. The van der Waals surface area contributed by atoms with Crippen molar-refractivity contribution in [3.05, 3.63) is 46.8 Å². The summed E-state index contributed by atoms with van der Waals surface area (Å²) in [4.78, 5) is 17.7. The van der Waals surface area contributed by atoms with Crippen LogP contribution in [-0.2, 0) is 13.6 Å². The van der Waals surface area contributed by atoms with Gasteiger partial charge in [0.15, 0.2) is 17.1 Å². The maximum atomic E-state index is 13.0. The number of fused-ring (bicyclic) bond motifs is 1. The number of amides is 1. The Morgan fingerprint density at radius 1 is 1.18 bits per heavy atom. The molecule has 1 amide bonds. The topological polar surface area (TPSA) is 78.3 Å². The summed E-state index contributed by atoms with van der Waals surface area (Å²) in [7, 11) is 5.03. The molecule has 0 radical (unpaired) electrons. The van der Waals surface area contributed by atoms with Gasteiger partial charge in [0, 0.05) is 19.3 Å². The lowest BCUT2D eigenvalue weighted by molar-refractivity contribution is 0.0952. The quantitative estimate of drug-likeness (QED) is 0.707. The Morgan fingerprint density at radius 2 is 1.89 bits per heavy atom. The minimum absolute atomic E-state index is 0.153. The number of benzene rings is 1. The minimum atomic E-state index is -0.153. The van der Waals surface area contributed by atoms with Gasteiger partial charge in [-0.15, -0.1) is 0 Å². The second-order valence-corrected chi connectivity index (χ2v) is 7.03. The van der Waals surface area contributed by atoms with Gasteiger partial charge in [-0.3, -0.25) is 9.48 Å². The summed E-state index contributed by atoms with van der Waals surface area (Å²) in [6.07, 6.45) is 0. The lowest BCUT2D eigenvalue weighted by atomic mass is 10.0. The fourth-order valence-electron chi connectivity index (χ4n) is 3.21. The van der Waals surface area contributed by atoms with Crippen LogP contribution in [0.4, 0.5) is 0 Å². The first-order valence-electron chi connectivity index (χ1n) is 9.19. The number of hydrogen-bond acceptors (Lipinski definition) is 5. The number of pyridine rings is 1. The van der Waals surface area contributed by atoms with E-state index in [0.29, 0.717) is 23.6 Å². The third-order valence-corrected chi connectivity index (χ3v) is 4.73. The lowest BCUT2D eigenvalue weighted by Gasteiger charge is -2.12. The Morgan fingerprint density at radius 3 is 2.54 bits per heavy atom. The summed E-state index contributed by atoms with van der Waals surface area (Å²) in [5, 5.41) is 8.22.